The zero-order valence-electron chi connectivity index (χ0n) is 17.9. The molecule has 2 aromatic rings. The summed E-state index contributed by atoms with van der Waals surface area (Å²) in [5, 5.41) is 5.69. The molecular formula is C21H29N5O3S. The van der Waals surface area contributed by atoms with Gasteiger partial charge in [-0.25, -0.2) is 4.98 Å². The number of amides is 2. The van der Waals surface area contributed by atoms with Crippen LogP contribution in [0.4, 0.5) is 0 Å². The Morgan fingerprint density at radius 2 is 2.10 bits per heavy atom. The van der Waals surface area contributed by atoms with Gasteiger partial charge in [0.05, 0.1) is 23.0 Å². The maximum absolute atomic E-state index is 13.0. The van der Waals surface area contributed by atoms with E-state index in [0.717, 1.165) is 60.2 Å². The first kappa shape index (κ1) is 21.0. The molecule has 2 aliphatic heterocycles. The van der Waals surface area contributed by atoms with E-state index in [1.54, 1.807) is 7.11 Å². The molecule has 2 aliphatic rings. The van der Waals surface area contributed by atoms with Gasteiger partial charge in [-0.05, 0) is 39.2 Å². The second kappa shape index (κ2) is 8.85. The Morgan fingerprint density at radius 1 is 1.27 bits per heavy atom. The largest absolute Gasteiger partial charge is 0.383 e. The van der Waals surface area contributed by atoms with Gasteiger partial charge in [0.1, 0.15) is 10.6 Å². The molecule has 0 aliphatic carbocycles. The van der Waals surface area contributed by atoms with Gasteiger partial charge >= 0.3 is 0 Å². The highest BCUT2D eigenvalue weighted by Gasteiger charge is 2.31. The van der Waals surface area contributed by atoms with Crippen molar-refractivity contribution in [2.75, 3.05) is 39.9 Å². The number of thiazole rings is 1. The van der Waals surface area contributed by atoms with Crippen LogP contribution in [0.15, 0.2) is 6.07 Å². The first-order chi connectivity index (χ1) is 14.5. The predicted octanol–water partition coefficient (Wildman–Crippen LogP) is 2.47. The predicted molar refractivity (Wildman–Crippen MR) is 114 cm³/mol. The van der Waals surface area contributed by atoms with E-state index in [4.69, 9.17) is 9.84 Å². The summed E-state index contributed by atoms with van der Waals surface area (Å²) in [4.78, 5) is 34.9. The number of rotatable bonds is 5. The molecule has 8 nitrogen and oxygen atoms in total. The van der Waals surface area contributed by atoms with Crippen LogP contribution in [0.1, 0.15) is 61.7 Å². The van der Waals surface area contributed by atoms with Gasteiger partial charge in [-0.2, -0.15) is 5.10 Å². The molecular weight excluding hydrogens is 402 g/mol. The van der Waals surface area contributed by atoms with Gasteiger partial charge < -0.3 is 14.5 Å². The molecule has 4 rings (SSSR count). The number of aromatic nitrogens is 3. The maximum Gasteiger partial charge on any atom is 0.272 e. The van der Waals surface area contributed by atoms with Crippen molar-refractivity contribution in [1.82, 2.24) is 24.6 Å². The van der Waals surface area contributed by atoms with Gasteiger partial charge in [0, 0.05) is 45.8 Å². The molecule has 0 saturated carbocycles. The van der Waals surface area contributed by atoms with E-state index in [1.807, 2.05) is 34.4 Å². The molecule has 162 valence electrons. The lowest BCUT2D eigenvalue weighted by atomic mass is 9.94. The number of fused-ring (bicyclic) bond motifs is 1. The quantitative estimate of drug-likeness (QED) is 0.727. The lowest BCUT2D eigenvalue weighted by Gasteiger charge is -2.31. The van der Waals surface area contributed by atoms with E-state index < -0.39 is 0 Å². The second-order valence-electron chi connectivity index (χ2n) is 8.05. The van der Waals surface area contributed by atoms with E-state index in [2.05, 4.69) is 4.98 Å². The van der Waals surface area contributed by atoms with Crippen molar-refractivity contribution < 1.29 is 14.3 Å². The molecule has 0 bridgehead atoms. The zero-order valence-corrected chi connectivity index (χ0v) is 18.7. The number of methoxy groups -OCH3 is 1. The molecule has 0 aromatic carbocycles. The van der Waals surface area contributed by atoms with Crippen LogP contribution in [0, 0.1) is 13.8 Å². The van der Waals surface area contributed by atoms with Crippen molar-refractivity contribution in [3.8, 4) is 0 Å². The molecule has 9 heteroatoms. The van der Waals surface area contributed by atoms with Gasteiger partial charge in [0.25, 0.3) is 11.8 Å². The minimum Gasteiger partial charge on any atom is -0.383 e. The summed E-state index contributed by atoms with van der Waals surface area (Å²) in [6, 6.07) is 1.94. The molecule has 1 saturated heterocycles. The summed E-state index contributed by atoms with van der Waals surface area (Å²) in [6.07, 6.45) is 2.79. The van der Waals surface area contributed by atoms with Crippen LogP contribution in [0.2, 0.25) is 0 Å². The lowest BCUT2D eigenvalue weighted by molar-refractivity contribution is 0.0694. The summed E-state index contributed by atoms with van der Waals surface area (Å²) in [7, 11) is 1.65. The molecule has 2 amide bonds. The summed E-state index contributed by atoms with van der Waals surface area (Å²) in [5.41, 5.74) is 2.37. The minimum atomic E-state index is 0.0165. The van der Waals surface area contributed by atoms with Gasteiger partial charge in [-0.15, -0.1) is 11.3 Å². The third kappa shape index (κ3) is 4.13. The summed E-state index contributed by atoms with van der Waals surface area (Å²) < 4.78 is 6.99. The van der Waals surface area contributed by atoms with Crippen LogP contribution >= 0.6 is 11.3 Å². The zero-order chi connectivity index (χ0) is 21.3. The monoisotopic (exact) mass is 431 g/mol. The van der Waals surface area contributed by atoms with Crippen molar-refractivity contribution in [2.45, 2.75) is 45.6 Å². The van der Waals surface area contributed by atoms with E-state index >= 15 is 0 Å². The molecule has 4 heterocycles. The Balaban J connectivity index is 1.51. The van der Waals surface area contributed by atoms with E-state index in [9.17, 15) is 9.59 Å². The number of hydrogen-bond acceptors (Lipinski definition) is 6. The summed E-state index contributed by atoms with van der Waals surface area (Å²) in [6.45, 7) is 7.79. The first-order valence-corrected chi connectivity index (χ1v) is 11.4. The van der Waals surface area contributed by atoms with Crippen LogP contribution in [0.3, 0.4) is 0 Å². The van der Waals surface area contributed by atoms with Crippen molar-refractivity contribution in [3.05, 3.63) is 33.0 Å². The Morgan fingerprint density at radius 3 is 2.83 bits per heavy atom. The van der Waals surface area contributed by atoms with E-state index in [0.29, 0.717) is 25.4 Å². The number of carbonyl (C=O) groups excluding carboxylic acids is 2. The number of nitrogens with zero attached hydrogens (tertiary/aromatic N) is 5. The van der Waals surface area contributed by atoms with Gasteiger partial charge in [-0.1, -0.05) is 0 Å². The van der Waals surface area contributed by atoms with Crippen LogP contribution in [-0.2, 0) is 11.3 Å². The highest BCUT2D eigenvalue weighted by Crippen LogP contribution is 2.30. The van der Waals surface area contributed by atoms with Crippen molar-refractivity contribution in [1.29, 1.82) is 0 Å². The molecule has 1 atom stereocenters. The number of ether oxygens (including phenoxy) is 1. The molecule has 30 heavy (non-hydrogen) atoms. The third-order valence-electron chi connectivity index (χ3n) is 5.89. The van der Waals surface area contributed by atoms with E-state index in [1.165, 1.54) is 11.3 Å². The number of carbonyl (C=O) groups is 2. The fourth-order valence-corrected chi connectivity index (χ4v) is 5.23. The maximum atomic E-state index is 13.0. The molecule has 0 radical (unpaired) electrons. The van der Waals surface area contributed by atoms with Crippen LogP contribution < -0.4 is 0 Å². The molecule has 2 aromatic heterocycles. The topological polar surface area (TPSA) is 80.6 Å². The van der Waals surface area contributed by atoms with Crippen molar-refractivity contribution in [3.63, 3.8) is 0 Å². The second-order valence-corrected chi connectivity index (χ2v) is 9.26. The molecule has 0 spiro atoms. The van der Waals surface area contributed by atoms with Crippen molar-refractivity contribution in [2.24, 2.45) is 0 Å². The number of hydrogen-bond donors (Lipinski definition) is 0. The third-order valence-corrected chi connectivity index (χ3v) is 6.95. The smallest absolute Gasteiger partial charge is 0.272 e. The number of likely N-dealkylation sites (tertiary alicyclic amines) is 1. The molecule has 0 N–H and O–H groups in total. The Labute approximate surface area is 180 Å². The normalized spacial score (nSPS) is 19.7. The van der Waals surface area contributed by atoms with Gasteiger partial charge in [-0.3, -0.25) is 14.3 Å². The number of piperidine rings is 1. The average Bonchev–Trinajstić information content (AvgIpc) is 3.28. The van der Waals surface area contributed by atoms with Crippen LogP contribution in [-0.4, -0.2) is 76.3 Å². The molecule has 1 fully saturated rings. The van der Waals surface area contributed by atoms with Gasteiger partial charge in [0.2, 0.25) is 0 Å². The SMILES string of the molecule is COCCN1CCCn2nc(C3CCCN(C(=O)c4sc(C)nc4C)C3)cc2C1=O. The summed E-state index contributed by atoms with van der Waals surface area (Å²) >= 11 is 1.46. The van der Waals surface area contributed by atoms with Gasteiger partial charge in [0.15, 0.2) is 0 Å². The highest BCUT2D eigenvalue weighted by molar-refractivity contribution is 7.13. The lowest BCUT2D eigenvalue weighted by Crippen LogP contribution is -2.39. The average molecular weight is 432 g/mol. The fourth-order valence-electron chi connectivity index (χ4n) is 4.34. The Bertz CT molecular complexity index is 937. The standard InChI is InChI=1S/C21H29N5O3S/c1-14-19(30-15(2)22-14)21(28)25-7-4-6-16(13-25)17-12-18-20(27)24(10-11-29-3)8-5-9-26(18)23-17/h12,16H,4-11,13H2,1-3H3. The Hall–Kier alpha value is -2.26. The highest BCUT2D eigenvalue weighted by atomic mass is 32.1. The minimum absolute atomic E-state index is 0.0165. The molecule has 1 unspecified atom stereocenters. The summed E-state index contributed by atoms with van der Waals surface area (Å²) in [5.74, 6) is 0.227. The van der Waals surface area contributed by atoms with Crippen LogP contribution in [0.25, 0.3) is 0 Å². The van der Waals surface area contributed by atoms with E-state index in [-0.39, 0.29) is 17.7 Å². The number of aryl methyl sites for hydroxylation is 3. The Kier molecular flexibility index (Phi) is 6.19. The fraction of sp³-hybridized carbons (Fsp3) is 0.619. The van der Waals surface area contributed by atoms with Crippen molar-refractivity contribution >= 4 is 23.2 Å². The first-order valence-electron chi connectivity index (χ1n) is 10.6. The van der Waals surface area contributed by atoms with Crippen LogP contribution in [0.5, 0.6) is 0 Å².